The van der Waals surface area contributed by atoms with Crippen molar-refractivity contribution in [2.45, 2.75) is 6.42 Å². The summed E-state index contributed by atoms with van der Waals surface area (Å²) in [4.78, 5) is 8.52. The lowest BCUT2D eigenvalue weighted by Gasteiger charge is -2.06. The Hall–Kier alpha value is -2.28. The molecule has 0 aliphatic heterocycles. The topological polar surface area (TPSA) is 37.8 Å². The Labute approximate surface area is 144 Å². The van der Waals surface area contributed by atoms with Crippen molar-refractivity contribution in [2.75, 3.05) is 11.9 Å². The van der Waals surface area contributed by atoms with Crippen LogP contribution in [0.4, 0.5) is 5.82 Å². The van der Waals surface area contributed by atoms with Crippen LogP contribution in [0.1, 0.15) is 12.0 Å². The van der Waals surface area contributed by atoms with E-state index in [2.05, 4.69) is 27.1 Å². The molecule has 5 heteroatoms. The van der Waals surface area contributed by atoms with E-state index < -0.39 is 0 Å². The molecule has 0 saturated heterocycles. The Morgan fingerprint density at radius 1 is 0.957 bits per heavy atom. The smallest absolute Gasteiger partial charge is 0.137 e. The van der Waals surface area contributed by atoms with Crippen LogP contribution >= 0.6 is 23.2 Å². The van der Waals surface area contributed by atoms with Crippen LogP contribution in [0.2, 0.25) is 10.0 Å². The fourth-order valence-corrected chi connectivity index (χ4v) is 2.65. The number of nitrogens with zero attached hydrogens (tertiary/aromatic N) is 2. The Morgan fingerprint density at radius 3 is 2.57 bits per heavy atom. The number of para-hydroxylation sites is 1. The lowest BCUT2D eigenvalue weighted by molar-refractivity contribution is 1.07. The van der Waals surface area contributed by atoms with E-state index in [1.807, 2.05) is 24.3 Å². The summed E-state index contributed by atoms with van der Waals surface area (Å²) in [6.45, 7) is 0.677. The Balaban J connectivity index is 1.65. The second-order valence-electron chi connectivity index (χ2n) is 4.81. The van der Waals surface area contributed by atoms with E-state index in [-0.39, 0.29) is 0 Å². The number of anilines is 1. The van der Waals surface area contributed by atoms with Gasteiger partial charge in [0.2, 0.25) is 0 Å². The molecule has 2 aromatic carbocycles. The molecule has 0 aliphatic carbocycles. The number of nitrogens with one attached hydrogen (secondary N) is 1. The molecule has 0 fully saturated rings. The zero-order valence-corrected chi connectivity index (χ0v) is 13.7. The second-order valence-corrected chi connectivity index (χ2v) is 5.63. The summed E-state index contributed by atoms with van der Waals surface area (Å²) < 4.78 is 0. The van der Waals surface area contributed by atoms with Crippen molar-refractivity contribution in [1.29, 1.82) is 0 Å². The summed E-state index contributed by atoms with van der Waals surface area (Å²) in [5.41, 5.74) is 1.59. The fraction of sp³-hybridized carbons (Fsp3) is 0.111. The van der Waals surface area contributed by atoms with E-state index in [0.29, 0.717) is 28.6 Å². The molecule has 0 amide bonds. The van der Waals surface area contributed by atoms with E-state index in [1.54, 1.807) is 24.5 Å². The molecular formula is C18H13Cl2N3. The minimum Gasteiger partial charge on any atom is -0.368 e. The first-order chi connectivity index (χ1) is 11.3. The van der Waals surface area contributed by atoms with E-state index in [4.69, 9.17) is 23.2 Å². The summed E-state index contributed by atoms with van der Waals surface area (Å²) in [5.74, 6) is 6.91. The third-order valence-corrected chi connectivity index (χ3v) is 3.89. The first-order valence-electron chi connectivity index (χ1n) is 7.12. The van der Waals surface area contributed by atoms with Crippen molar-refractivity contribution in [3.05, 3.63) is 64.4 Å². The van der Waals surface area contributed by atoms with Crippen LogP contribution < -0.4 is 5.32 Å². The van der Waals surface area contributed by atoms with Gasteiger partial charge in [0.15, 0.2) is 0 Å². The Kier molecular flexibility index (Phi) is 4.97. The quantitative estimate of drug-likeness (QED) is 0.549. The molecular weight excluding hydrogens is 329 g/mol. The molecule has 3 rings (SSSR count). The first-order valence-corrected chi connectivity index (χ1v) is 7.88. The normalized spacial score (nSPS) is 10.2. The van der Waals surface area contributed by atoms with Crippen LogP contribution in [0.15, 0.2) is 48.8 Å². The standard InChI is InChI=1S/C18H13Cl2N3/c19-15-8-5-9-16(20)13(15)6-3-4-11-21-18-14-7-1-2-10-17(14)22-12-23-18/h1-2,5,7-10,12H,4,11H2,(H,21,22,23). The maximum Gasteiger partial charge on any atom is 0.137 e. The number of rotatable bonds is 3. The van der Waals surface area contributed by atoms with E-state index in [0.717, 1.165) is 16.7 Å². The van der Waals surface area contributed by atoms with Gasteiger partial charge in [0, 0.05) is 18.4 Å². The average molecular weight is 342 g/mol. The predicted octanol–water partition coefficient (Wildman–Crippen LogP) is 4.79. The molecule has 0 aliphatic rings. The van der Waals surface area contributed by atoms with Gasteiger partial charge >= 0.3 is 0 Å². The van der Waals surface area contributed by atoms with Crippen LogP contribution in [0.3, 0.4) is 0 Å². The second kappa shape index (κ2) is 7.32. The van der Waals surface area contributed by atoms with Crippen molar-refractivity contribution in [1.82, 2.24) is 9.97 Å². The molecule has 0 radical (unpaired) electrons. The van der Waals surface area contributed by atoms with Crippen LogP contribution in [0.25, 0.3) is 10.9 Å². The predicted molar refractivity (Wildman–Crippen MR) is 96.0 cm³/mol. The Bertz CT molecular complexity index is 872. The van der Waals surface area contributed by atoms with Gasteiger partial charge in [-0.3, -0.25) is 0 Å². The third kappa shape index (κ3) is 3.73. The third-order valence-electron chi connectivity index (χ3n) is 3.26. The maximum atomic E-state index is 6.08. The first kappa shape index (κ1) is 15.6. The molecule has 0 saturated carbocycles. The van der Waals surface area contributed by atoms with Crippen LogP contribution in [-0.4, -0.2) is 16.5 Å². The Morgan fingerprint density at radius 2 is 1.74 bits per heavy atom. The monoisotopic (exact) mass is 341 g/mol. The fourth-order valence-electron chi connectivity index (χ4n) is 2.16. The number of fused-ring (bicyclic) bond motifs is 1. The van der Waals surface area contributed by atoms with Crippen LogP contribution in [-0.2, 0) is 0 Å². The van der Waals surface area contributed by atoms with Gasteiger partial charge in [0.05, 0.1) is 21.1 Å². The average Bonchev–Trinajstić information content (AvgIpc) is 2.57. The largest absolute Gasteiger partial charge is 0.368 e. The number of halogens is 2. The molecule has 1 N–H and O–H groups in total. The zero-order chi connectivity index (χ0) is 16.1. The van der Waals surface area contributed by atoms with E-state index >= 15 is 0 Å². The van der Waals surface area contributed by atoms with Crippen molar-refractivity contribution in [3.63, 3.8) is 0 Å². The number of aromatic nitrogens is 2. The van der Waals surface area contributed by atoms with Crippen LogP contribution in [0.5, 0.6) is 0 Å². The summed E-state index contributed by atoms with van der Waals surface area (Å²) in [6.07, 6.45) is 2.21. The number of benzene rings is 2. The number of hydrogen-bond donors (Lipinski definition) is 1. The van der Waals surface area contributed by atoms with Crippen molar-refractivity contribution in [3.8, 4) is 11.8 Å². The summed E-state index contributed by atoms with van der Waals surface area (Å²) in [6, 6.07) is 13.2. The highest BCUT2D eigenvalue weighted by molar-refractivity contribution is 6.36. The van der Waals surface area contributed by atoms with Gasteiger partial charge in [-0.15, -0.1) is 0 Å². The summed E-state index contributed by atoms with van der Waals surface area (Å²) >= 11 is 12.2. The lowest BCUT2D eigenvalue weighted by atomic mass is 10.2. The van der Waals surface area contributed by atoms with Gasteiger partial charge in [-0.05, 0) is 24.3 Å². The molecule has 1 heterocycles. The van der Waals surface area contributed by atoms with Gasteiger partial charge in [-0.1, -0.05) is 53.2 Å². The number of hydrogen-bond acceptors (Lipinski definition) is 3. The molecule has 114 valence electrons. The molecule has 3 aromatic rings. The molecule has 0 spiro atoms. The van der Waals surface area contributed by atoms with Gasteiger partial charge in [0.1, 0.15) is 12.1 Å². The molecule has 23 heavy (non-hydrogen) atoms. The van der Waals surface area contributed by atoms with E-state index in [9.17, 15) is 0 Å². The summed E-state index contributed by atoms with van der Waals surface area (Å²) in [5, 5.41) is 5.42. The molecule has 3 nitrogen and oxygen atoms in total. The lowest BCUT2D eigenvalue weighted by Crippen LogP contribution is -2.03. The minimum atomic E-state index is 0.569. The van der Waals surface area contributed by atoms with Crippen molar-refractivity contribution in [2.24, 2.45) is 0 Å². The SMILES string of the molecule is Clc1cccc(Cl)c1C#CCCNc1ncnc2ccccc12. The van der Waals surface area contributed by atoms with Crippen molar-refractivity contribution < 1.29 is 0 Å². The highest BCUT2D eigenvalue weighted by atomic mass is 35.5. The van der Waals surface area contributed by atoms with Crippen molar-refractivity contribution >= 4 is 39.9 Å². The van der Waals surface area contributed by atoms with E-state index in [1.165, 1.54) is 0 Å². The molecule has 0 atom stereocenters. The highest BCUT2D eigenvalue weighted by Gasteiger charge is 2.02. The molecule has 0 unspecified atom stereocenters. The van der Waals surface area contributed by atoms with Gasteiger partial charge in [-0.2, -0.15) is 0 Å². The van der Waals surface area contributed by atoms with Gasteiger partial charge in [-0.25, -0.2) is 9.97 Å². The zero-order valence-electron chi connectivity index (χ0n) is 12.2. The molecule has 0 bridgehead atoms. The summed E-state index contributed by atoms with van der Waals surface area (Å²) in [7, 11) is 0. The molecule has 1 aromatic heterocycles. The maximum absolute atomic E-state index is 6.08. The minimum absolute atomic E-state index is 0.569. The van der Waals surface area contributed by atoms with Crippen LogP contribution in [0, 0.1) is 11.8 Å². The van der Waals surface area contributed by atoms with Gasteiger partial charge < -0.3 is 5.32 Å². The van der Waals surface area contributed by atoms with Gasteiger partial charge in [0.25, 0.3) is 0 Å². The highest BCUT2D eigenvalue weighted by Crippen LogP contribution is 2.23.